The fourth-order valence-electron chi connectivity index (χ4n) is 0.129. The highest BCUT2D eigenvalue weighted by atomic mass is 16.3. The molecule has 0 aromatic heterocycles. The third-order valence-corrected chi connectivity index (χ3v) is 0.836. The molecular formula is C4H12NO+. The highest BCUT2D eigenvalue weighted by Gasteiger charge is 1.94. The molecule has 0 aliphatic carbocycles. The van der Waals surface area contributed by atoms with Gasteiger partial charge >= 0.3 is 0 Å². The van der Waals surface area contributed by atoms with Crippen LogP contribution < -0.4 is 5.73 Å². The smallest absolute Gasteiger partial charge is 0.107 e. The first-order chi connectivity index (χ1) is 2.81. The quantitative estimate of drug-likeness (QED) is 0.449. The van der Waals surface area contributed by atoms with Gasteiger partial charge in [0.05, 0.1) is 6.61 Å². The number of rotatable bonds is 2. The molecule has 0 fully saturated rings. The second kappa shape index (κ2) is 3.12. The molecular weight excluding hydrogens is 78.0 g/mol. The maximum atomic E-state index is 8.27. The minimum Gasteiger partial charge on any atom is -0.390 e. The molecule has 0 unspecified atom stereocenters. The van der Waals surface area contributed by atoms with Crippen LogP contribution in [0.4, 0.5) is 0 Å². The van der Waals surface area contributed by atoms with Crippen molar-refractivity contribution in [3.05, 3.63) is 0 Å². The van der Waals surface area contributed by atoms with Crippen molar-refractivity contribution in [1.82, 2.24) is 0 Å². The molecule has 38 valence electrons. The van der Waals surface area contributed by atoms with Gasteiger partial charge in [0.25, 0.3) is 0 Å². The Morgan fingerprint density at radius 1 is 1.83 bits per heavy atom. The summed E-state index contributed by atoms with van der Waals surface area (Å²) in [6, 6.07) is 0.241. The molecule has 0 aliphatic heterocycles. The minimum atomic E-state index is 0.219. The Labute approximate surface area is 38.0 Å². The molecule has 0 radical (unpaired) electrons. The van der Waals surface area contributed by atoms with E-state index in [1.54, 1.807) is 0 Å². The first kappa shape index (κ1) is 5.92. The van der Waals surface area contributed by atoms with Crippen molar-refractivity contribution in [3.63, 3.8) is 0 Å². The summed E-state index contributed by atoms with van der Waals surface area (Å²) in [4.78, 5) is 0. The zero-order valence-electron chi connectivity index (χ0n) is 4.15. The minimum absolute atomic E-state index is 0.219. The van der Waals surface area contributed by atoms with Crippen LogP contribution in [0, 0.1) is 0 Å². The molecule has 0 aromatic rings. The van der Waals surface area contributed by atoms with E-state index in [1.807, 2.05) is 6.92 Å². The Bertz CT molecular complexity index is 26.7. The van der Waals surface area contributed by atoms with E-state index < -0.39 is 0 Å². The van der Waals surface area contributed by atoms with Crippen molar-refractivity contribution in [3.8, 4) is 0 Å². The van der Waals surface area contributed by atoms with Gasteiger partial charge in [0.2, 0.25) is 0 Å². The first-order valence-corrected chi connectivity index (χ1v) is 2.25. The largest absolute Gasteiger partial charge is 0.390 e. The summed E-state index contributed by atoms with van der Waals surface area (Å²) < 4.78 is 0. The first-order valence-electron chi connectivity index (χ1n) is 2.25. The second-order valence-corrected chi connectivity index (χ2v) is 1.46. The molecule has 0 bridgehead atoms. The summed E-state index contributed by atoms with van der Waals surface area (Å²) in [6.45, 7) is 2.23. The average Bonchev–Trinajstić information content (AvgIpc) is 1.65. The zero-order valence-corrected chi connectivity index (χ0v) is 4.15. The van der Waals surface area contributed by atoms with Gasteiger partial charge in [-0.05, 0) is 6.42 Å². The third-order valence-electron chi connectivity index (χ3n) is 0.836. The van der Waals surface area contributed by atoms with Crippen LogP contribution in [0.1, 0.15) is 13.3 Å². The Kier molecular flexibility index (Phi) is 3.08. The number of hydrogen-bond donors (Lipinski definition) is 2. The standard InChI is InChI=1S/C4H11NO/c1-2-4(5)3-6/h4,6H,2-3,5H2,1H3/p+1/t4-/m0/s1. The van der Waals surface area contributed by atoms with E-state index in [-0.39, 0.29) is 12.6 Å². The predicted octanol–water partition coefficient (Wildman–Crippen LogP) is -1.00. The Balaban J connectivity index is 2.75. The van der Waals surface area contributed by atoms with Gasteiger partial charge in [-0.25, -0.2) is 0 Å². The van der Waals surface area contributed by atoms with Gasteiger partial charge in [0, 0.05) is 0 Å². The molecule has 0 saturated heterocycles. The van der Waals surface area contributed by atoms with Crippen LogP contribution in [0.5, 0.6) is 0 Å². The lowest BCUT2D eigenvalue weighted by Gasteiger charge is -1.94. The number of aliphatic hydroxyl groups is 1. The van der Waals surface area contributed by atoms with E-state index in [0.717, 1.165) is 6.42 Å². The molecule has 2 nitrogen and oxygen atoms in total. The highest BCUT2D eigenvalue weighted by molar-refractivity contribution is 4.41. The van der Waals surface area contributed by atoms with Crippen molar-refractivity contribution in [2.75, 3.05) is 6.61 Å². The van der Waals surface area contributed by atoms with E-state index in [2.05, 4.69) is 5.73 Å². The predicted molar refractivity (Wildman–Crippen MR) is 24.1 cm³/mol. The lowest BCUT2D eigenvalue weighted by Crippen LogP contribution is -2.62. The van der Waals surface area contributed by atoms with Crippen molar-refractivity contribution < 1.29 is 10.8 Å². The lowest BCUT2D eigenvalue weighted by atomic mass is 10.3. The van der Waals surface area contributed by atoms with Crippen LogP contribution in [0.3, 0.4) is 0 Å². The number of aliphatic hydroxyl groups excluding tert-OH is 1. The summed E-state index contributed by atoms with van der Waals surface area (Å²) in [5.74, 6) is 0. The van der Waals surface area contributed by atoms with Crippen LogP contribution in [-0.4, -0.2) is 17.8 Å². The van der Waals surface area contributed by atoms with E-state index in [0.29, 0.717) is 0 Å². The van der Waals surface area contributed by atoms with Gasteiger partial charge in [0.15, 0.2) is 0 Å². The molecule has 0 aliphatic rings. The van der Waals surface area contributed by atoms with Gasteiger partial charge in [-0.2, -0.15) is 0 Å². The average molecular weight is 90.1 g/mol. The van der Waals surface area contributed by atoms with Crippen LogP contribution in [0.25, 0.3) is 0 Å². The number of quaternary nitrogens is 1. The zero-order chi connectivity index (χ0) is 4.99. The summed E-state index contributed by atoms with van der Waals surface area (Å²) >= 11 is 0. The maximum Gasteiger partial charge on any atom is 0.107 e. The van der Waals surface area contributed by atoms with Gasteiger partial charge in [0.1, 0.15) is 6.04 Å². The van der Waals surface area contributed by atoms with E-state index >= 15 is 0 Å². The molecule has 2 heteroatoms. The molecule has 0 saturated carbocycles. The normalized spacial score (nSPS) is 14.5. The SMILES string of the molecule is CC[C@H]([NH3+])CO. The van der Waals surface area contributed by atoms with Crippen LogP contribution in [0.15, 0.2) is 0 Å². The lowest BCUT2D eigenvalue weighted by molar-refractivity contribution is -0.425. The van der Waals surface area contributed by atoms with Crippen LogP contribution in [-0.2, 0) is 0 Å². The molecule has 0 rings (SSSR count). The summed E-state index contributed by atoms with van der Waals surface area (Å²) in [7, 11) is 0. The topological polar surface area (TPSA) is 47.9 Å². The van der Waals surface area contributed by atoms with Crippen molar-refractivity contribution in [1.29, 1.82) is 0 Å². The van der Waals surface area contributed by atoms with E-state index in [1.165, 1.54) is 0 Å². The van der Waals surface area contributed by atoms with E-state index in [9.17, 15) is 0 Å². The van der Waals surface area contributed by atoms with Crippen LogP contribution in [0.2, 0.25) is 0 Å². The monoisotopic (exact) mass is 90.1 g/mol. The van der Waals surface area contributed by atoms with Gasteiger partial charge in [-0.3, -0.25) is 0 Å². The second-order valence-electron chi connectivity index (χ2n) is 1.46. The summed E-state index contributed by atoms with van der Waals surface area (Å²) in [5.41, 5.74) is 3.62. The highest BCUT2D eigenvalue weighted by Crippen LogP contribution is 1.76. The van der Waals surface area contributed by atoms with Crippen molar-refractivity contribution in [2.45, 2.75) is 19.4 Å². The summed E-state index contributed by atoms with van der Waals surface area (Å²) in [5, 5.41) is 8.27. The molecule has 1 atom stereocenters. The summed E-state index contributed by atoms with van der Waals surface area (Å²) in [6.07, 6.45) is 0.969. The molecule has 0 aromatic carbocycles. The Morgan fingerprint density at radius 3 is 2.33 bits per heavy atom. The van der Waals surface area contributed by atoms with Gasteiger partial charge < -0.3 is 10.8 Å². The Hall–Kier alpha value is -0.0800. The third kappa shape index (κ3) is 2.18. The maximum absolute atomic E-state index is 8.27. The molecule has 0 heterocycles. The fourth-order valence-corrected chi connectivity index (χ4v) is 0.129. The Morgan fingerprint density at radius 2 is 2.33 bits per heavy atom. The molecule has 4 N–H and O–H groups in total. The van der Waals surface area contributed by atoms with Gasteiger partial charge in [-0.1, -0.05) is 6.92 Å². The van der Waals surface area contributed by atoms with Crippen molar-refractivity contribution in [2.24, 2.45) is 0 Å². The molecule has 0 spiro atoms. The molecule has 6 heavy (non-hydrogen) atoms. The van der Waals surface area contributed by atoms with Gasteiger partial charge in [-0.15, -0.1) is 0 Å². The molecule has 0 amide bonds. The fraction of sp³-hybridized carbons (Fsp3) is 1.00. The number of hydrogen-bond acceptors (Lipinski definition) is 1. The van der Waals surface area contributed by atoms with Crippen molar-refractivity contribution >= 4 is 0 Å². The van der Waals surface area contributed by atoms with E-state index in [4.69, 9.17) is 5.11 Å². The van der Waals surface area contributed by atoms with Crippen LogP contribution >= 0.6 is 0 Å².